The summed E-state index contributed by atoms with van der Waals surface area (Å²) in [4.78, 5) is 45.3. The molecule has 0 atom stereocenters. The van der Waals surface area contributed by atoms with Crippen LogP contribution in [-0.4, -0.2) is 34.3 Å². The smallest absolute Gasteiger partial charge is 0.341 e. The first kappa shape index (κ1) is 28.5. The number of methoxy groups -OCH3 is 1. The third-order valence-corrected chi connectivity index (χ3v) is 9.30. The van der Waals surface area contributed by atoms with E-state index in [2.05, 4.69) is 5.32 Å². The third kappa shape index (κ3) is 5.74. The molecule has 6 aromatic rings. The van der Waals surface area contributed by atoms with Gasteiger partial charge in [0, 0.05) is 21.9 Å². The van der Waals surface area contributed by atoms with Gasteiger partial charge in [0.2, 0.25) is 5.91 Å². The molecule has 0 radical (unpaired) electrons. The minimum Gasteiger partial charge on any atom is -0.465 e. The number of carbonyl (C=O) groups excluding carboxylic acids is 2. The summed E-state index contributed by atoms with van der Waals surface area (Å²) in [6, 6.07) is 24.6. The fourth-order valence-corrected chi connectivity index (χ4v) is 7.37. The van der Waals surface area contributed by atoms with Crippen LogP contribution in [0.15, 0.2) is 106 Å². The van der Waals surface area contributed by atoms with E-state index in [0.717, 1.165) is 22.9 Å². The average Bonchev–Trinajstić information content (AvgIpc) is 3.66. The van der Waals surface area contributed by atoms with Crippen LogP contribution in [0.25, 0.3) is 38.2 Å². The number of hydrogen-bond donors (Lipinski definition) is 1. The van der Waals surface area contributed by atoms with Gasteiger partial charge >= 0.3 is 5.97 Å². The predicted molar refractivity (Wildman–Crippen MR) is 171 cm³/mol. The summed E-state index contributed by atoms with van der Waals surface area (Å²) >= 11 is 3.67. The molecule has 43 heavy (non-hydrogen) atoms. The first-order valence-electron chi connectivity index (χ1n) is 13.0. The minimum absolute atomic E-state index is 0.0773. The molecule has 0 unspecified atom stereocenters. The summed E-state index contributed by atoms with van der Waals surface area (Å²) in [6.45, 7) is 0. The number of rotatable bonds is 8. The standard InChI is InChI=1S/C32H22FN3O4S3/c1-40-31(39)27-24(20-12-14-21(33)15-13-20)17-42-29(27)34-25(37)18-43-32-35-28-26(23(16-41-28)19-8-4-2-5-9-19)30(38)36(32)22-10-6-3-7-11-22/h2-17H,18H2,1H3,(H,34,37). The molecule has 6 rings (SSSR count). The summed E-state index contributed by atoms with van der Waals surface area (Å²) in [6.07, 6.45) is 0. The lowest BCUT2D eigenvalue weighted by atomic mass is 10.0. The van der Waals surface area contributed by atoms with E-state index in [1.54, 1.807) is 17.5 Å². The third-order valence-electron chi connectivity index (χ3n) is 6.60. The number of nitrogens with one attached hydrogen (secondary N) is 1. The van der Waals surface area contributed by atoms with Crippen molar-refractivity contribution < 1.29 is 18.7 Å². The number of para-hydroxylation sites is 1. The number of halogens is 1. The molecule has 1 amide bonds. The van der Waals surface area contributed by atoms with Crippen molar-refractivity contribution in [3.05, 3.63) is 117 Å². The zero-order valence-corrected chi connectivity index (χ0v) is 25.0. The van der Waals surface area contributed by atoms with Crippen molar-refractivity contribution in [3.8, 4) is 27.9 Å². The Balaban J connectivity index is 1.32. The highest BCUT2D eigenvalue weighted by Gasteiger charge is 2.24. The van der Waals surface area contributed by atoms with Crippen molar-refractivity contribution in [2.45, 2.75) is 5.16 Å². The van der Waals surface area contributed by atoms with Gasteiger partial charge in [-0.15, -0.1) is 22.7 Å². The summed E-state index contributed by atoms with van der Waals surface area (Å²) in [5.74, 6) is -1.50. The molecule has 11 heteroatoms. The van der Waals surface area contributed by atoms with E-state index in [9.17, 15) is 18.8 Å². The van der Waals surface area contributed by atoms with Gasteiger partial charge in [0.05, 0.1) is 23.9 Å². The molecule has 0 fully saturated rings. The van der Waals surface area contributed by atoms with Crippen LogP contribution in [0.2, 0.25) is 0 Å². The molecule has 214 valence electrons. The molecular formula is C32H22FN3O4S3. The van der Waals surface area contributed by atoms with Crippen LogP contribution in [0.3, 0.4) is 0 Å². The fourth-order valence-electron chi connectivity index (χ4n) is 4.59. The van der Waals surface area contributed by atoms with Crippen molar-refractivity contribution in [1.82, 2.24) is 9.55 Å². The second kappa shape index (κ2) is 12.3. The highest BCUT2D eigenvalue weighted by atomic mass is 32.2. The maximum atomic E-state index is 14.0. The van der Waals surface area contributed by atoms with Gasteiger partial charge in [-0.3, -0.25) is 14.2 Å². The largest absolute Gasteiger partial charge is 0.465 e. The Morgan fingerprint density at radius 3 is 2.26 bits per heavy atom. The Morgan fingerprint density at radius 1 is 0.907 bits per heavy atom. The van der Waals surface area contributed by atoms with Crippen molar-refractivity contribution >= 4 is 61.5 Å². The Morgan fingerprint density at radius 2 is 1.56 bits per heavy atom. The zero-order chi connectivity index (χ0) is 29.9. The van der Waals surface area contributed by atoms with E-state index in [0.29, 0.717) is 37.2 Å². The lowest BCUT2D eigenvalue weighted by Gasteiger charge is -2.13. The lowest BCUT2D eigenvalue weighted by Crippen LogP contribution is -2.22. The highest BCUT2D eigenvalue weighted by molar-refractivity contribution is 7.99. The number of nitrogens with zero attached hydrogens (tertiary/aromatic N) is 2. The molecule has 0 aliphatic rings. The number of benzene rings is 3. The number of aromatic nitrogens is 2. The molecule has 0 saturated heterocycles. The van der Waals surface area contributed by atoms with E-state index < -0.39 is 17.7 Å². The van der Waals surface area contributed by atoms with E-state index in [1.807, 2.05) is 66.0 Å². The number of carbonyl (C=O) groups is 2. The van der Waals surface area contributed by atoms with Crippen molar-refractivity contribution in [3.63, 3.8) is 0 Å². The number of anilines is 1. The fraction of sp³-hybridized carbons (Fsp3) is 0.0625. The number of esters is 1. The van der Waals surface area contributed by atoms with Gasteiger partial charge in [0.1, 0.15) is 21.2 Å². The van der Waals surface area contributed by atoms with Gasteiger partial charge in [0.25, 0.3) is 5.56 Å². The SMILES string of the molecule is COC(=O)c1c(-c2ccc(F)cc2)csc1NC(=O)CSc1nc2scc(-c3ccccc3)c2c(=O)n1-c1ccccc1. The van der Waals surface area contributed by atoms with Crippen molar-refractivity contribution in [2.24, 2.45) is 0 Å². The van der Waals surface area contributed by atoms with Crippen molar-refractivity contribution in [1.29, 1.82) is 0 Å². The van der Waals surface area contributed by atoms with Gasteiger partial charge in [0.15, 0.2) is 5.16 Å². The molecule has 0 saturated carbocycles. The second-order valence-corrected chi connectivity index (χ2v) is 11.9. The lowest BCUT2D eigenvalue weighted by molar-refractivity contribution is -0.113. The Labute approximate surface area is 257 Å². The van der Waals surface area contributed by atoms with Gasteiger partial charge in [-0.25, -0.2) is 14.2 Å². The average molecular weight is 628 g/mol. The van der Waals surface area contributed by atoms with Crippen LogP contribution in [0.4, 0.5) is 9.39 Å². The number of thiophene rings is 2. The summed E-state index contributed by atoms with van der Waals surface area (Å²) in [7, 11) is 1.26. The number of ether oxygens (including phenoxy) is 1. The predicted octanol–water partition coefficient (Wildman–Crippen LogP) is 7.50. The number of amides is 1. The van der Waals surface area contributed by atoms with Crippen LogP contribution < -0.4 is 10.9 Å². The molecule has 0 aliphatic heterocycles. The van der Waals surface area contributed by atoms with Crippen LogP contribution >= 0.6 is 34.4 Å². The molecule has 7 nitrogen and oxygen atoms in total. The maximum absolute atomic E-state index is 14.0. The van der Waals surface area contributed by atoms with E-state index in [4.69, 9.17) is 9.72 Å². The normalized spacial score (nSPS) is 11.0. The second-order valence-electron chi connectivity index (χ2n) is 9.25. The topological polar surface area (TPSA) is 90.3 Å². The number of fused-ring (bicyclic) bond motifs is 1. The molecule has 3 aromatic heterocycles. The van der Waals surface area contributed by atoms with Crippen LogP contribution in [0, 0.1) is 5.82 Å². The molecule has 1 N–H and O–H groups in total. The summed E-state index contributed by atoms with van der Waals surface area (Å²) in [5, 5.41) is 7.64. The van der Waals surface area contributed by atoms with Gasteiger partial charge in [-0.05, 0) is 35.4 Å². The Kier molecular flexibility index (Phi) is 8.19. The van der Waals surface area contributed by atoms with Crippen LogP contribution in [-0.2, 0) is 9.53 Å². The van der Waals surface area contributed by atoms with E-state index in [1.165, 1.54) is 46.5 Å². The van der Waals surface area contributed by atoms with Gasteiger partial charge in [-0.2, -0.15) is 0 Å². The molecule has 0 spiro atoms. The molecule has 0 bridgehead atoms. The van der Waals surface area contributed by atoms with E-state index in [-0.39, 0.29) is 16.9 Å². The molecule has 0 aliphatic carbocycles. The monoisotopic (exact) mass is 627 g/mol. The first-order chi connectivity index (χ1) is 20.9. The number of hydrogen-bond acceptors (Lipinski definition) is 8. The zero-order valence-electron chi connectivity index (χ0n) is 22.6. The van der Waals surface area contributed by atoms with Gasteiger partial charge < -0.3 is 10.1 Å². The number of thioether (sulfide) groups is 1. The Hall–Kier alpha value is -4.58. The minimum atomic E-state index is -0.625. The maximum Gasteiger partial charge on any atom is 0.341 e. The van der Waals surface area contributed by atoms with Crippen molar-refractivity contribution in [2.75, 3.05) is 18.2 Å². The molecular weight excluding hydrogens is 606 g/mol. The first-order valence-corrected chi connectivity index (χ1v) is 15.7. The van der Waals surface area contributed by atoms with Crippen LogP contribution in [0.5, 0.6) is 0 Å². The van der Waals surface area contributed by atoms with Gasteiger partial charge in [-0.1, -0.05) is 72.4 Å². The van der Waals surface area contributed by atoms with E-state index >= 15 is 0 Å². The highest BCUT2D eigenvalue weighted by Crippen LogP contribution is 2.37. The molecule has 3 heterocycles. The molecule has 3 aromatic carbocycles. The van der Waals surface area contributed by atoms with Crippen LogP contribution in [0.1, 0.15) is 10.4 Å². The summed E-state index contributed by atoms with van der Waals surface area (Å²) in [5.41, 5.74) is 3.45. The summed E-state index contributed by atoms with van der Waals surface area (Å²) < 4.78 is 20.0. The Bertz CT molecular complexity index is 2000. The quantitative estimate of drug-likeness (QED) is 0.107.